The van der Waals surface area contributed by atoms with Gasteiger partial charge in [0.1, 0.15) is 18.2 Å². The van der Waals surface area contributed by atoms with Gasteiger partial charge in [0.25, 0.3) is 5.91 Å². The van der Waals surface area contributed by atoms with Crippen molar-refractivity contribution < 1.29 is 24.2 Å². The van der Waals surface area contributed by atoms with Crippen LogP contribution < -0.4 is 14.8 Å². The van der Waals surface area contributed by atoms with Crippen molar-refractivity contribution in [1.82, 2.24) is 0 Å². The number of carboxylic acids is 1. The maximum Gasteiger partial charge on any atom is 0.335 e. The molecule has 0 fully saturated rings. The van der Waals surface area contributed by atoms with Gasteiger partial charge in [-0.2, -0.15) is 5.26 Å². The van der Waals surface area contributed by atoms with Gasteiger partial charge in [-0.3, -0.25) is 4.79 Å². The van der Waals surface area contributed by atoms with Crippen molar-refractivity contribution in [3.8, 4) is 17.6 Å². The molecular weight excluding hydrogens is 491 g/mol. The van der Waals surface area contributed by atoms with Gasteiger partial charge >= 0.3 is 5.97 Å². The van der Waals surface area contributed by atoms with E-state index in [-0.39, 0.29) is 17.7 Å². The molecule has 0 aromatic heterocycles. The number of amides is 1. The maximum atomic E-state index is 12.6. The van der Waals surface area contributed by atoms with Crippen LogP contribution in [0.25, 0.3) is 6.08 Å². The van der Waals surface area contributed by atoms with E-state index in [1.165, 1.54) is 30.3 Å². The molecule has 178 valence electrons. The highest BCUT2D eigenvalue weighted by molar-refractivity contribution is 6.42. The molecule has 0 heterocycles. The number of nitrogens with one attached hydrogen (secondary N) is 1. The third-order valence-electron chi connectivity index (χ3n) is 4.71. The van der Waals surface area contributed by atoms with Gasteiger partial charge in [0.05, 0.1) is 22.2 Å². The van der Waals surface area contributed by atoms with Crippen molar-refractivity contribution in [3.63, 3.8) is 0 Å². The number of hydrogen-bond acceptors (Lipinski definition) is 5. The monoisotopic (exact) mass is 510 g/mol. The molecule has 2 N–H and O–H groups in total. The van der Waals surface area contributed by atoms with E-state index >= 15 is 0 Å². The Morgan fingerprint density at radius 3 is 2.37 bits per heavy atom. The molecule has 7 nitrogen and oxygen atoms in total. The summed E-state index contributed by atoms with van der Waals surface area (Å²) in [6.45, 7) is 2.45. The number of rotatable bonds is 9. The molecular formula is C26H20Cl2N2O5. The Balaban J connectivity index is 1.76. The first-order chi connectivity index (χ1) is 16.8. The Labute approximate surface area is 212 Å². The Hall–Kier alpha value is -3.99. The topological polar surface area (TPSA) is 109 Å². The van der Waals surface area contributed by atoms with Gasteiger partial charge in [-0.1, -0.05) is 35.3 Å². The number of carbonyl (C=O) groups is 2. The van der Waals surface area contributed by atoms with Crippen molar-refractivity contribution in [1.29, 1.82) is 5.26 Å². The predicted molar refractivity (Wildman–Crippen MR) is 134 cm³/mol. The van der Waals surface area contributed by atoms with Crippen LogP contribution in [0.2, 0.25) is 10.0 Å². The van der Waals surface area contributed by atoms with Crippen molar-refractivity contribution >= 4 is 46.8 Å². The highest BCUT2D eigenvalue weighted by atomic mass is 35.5. The number of benzene rings is 3. The molecule has 3 rings (SSSR count). The van der Waals surface area contributed by atoms with Crippen LogP contribution in [0.3, 0.4) is 0 Å². The van der Waals surface area contributed by atoms with E-state index in [1.807, 2.05) is 13.0 Å². The van der Waals surface area contributed by atoms with Crippen LogP contribution in [-0.2, 0) is 11.4 Å². The van der Waals surface area contributed by atoms with Gasteiger partial charge < -0.3 is 19.9 Å². The van der Waals surface area contributed by atoms with E-state index in [0.29, 0.717) is 39.4 Å². The molecule has 1 amide bonds. The molecule has 0 radical (unpaired) electrons. The Kier molecular flexibility index (Phi) is 8.74. The Morgan fingerprint density at radius 2 is 1.74 bits per heavy atom. The minimum absolute atomic E-state index is 0.0870. The average molecular weight is 511 g/mol. The second-order valence-electron chi connectivity index (χ2n) is 7.18. The van der Waals surface area contributed by atoms with Gasteiger partial charge in [0, 0.05) is 5.69 Å². The molecule has 0 aliphatic carbocycles. The number of aromatic carboxylic acids is 1. The first-order valence-corrected chi connectivity index (χ1v) is 11.2. The summed E-state index contributed by atoms with van der Waals surface area (Å²) in [5.41, 5.74) is 1.69. The lowest BCUT2D eigenvalue weighted by atomic mass is 10.1. The SMILES string of the molecule is CCOc1cc(/C=C(\C#N)C(=O)Nc2ccc(C(=O)O)cc2)ccc1OCc1ccc(Cl)c(Cl)c1. The fourth-order valence-corrected chi connectivity index (χ4v) is 3.32. The van der Waals surface area contributed by atoms with Crippen molar-refractivity contribution in [3.05, 3.63) is 93.0 Å². The number of nitrogens with zero attached hydrogens (tertiary/aromatic N) is 1. The van der Waals surface area contributed by atoms with E-state index in [9.17, 15) is 14.9 Å². The molecule has 0 spiro atoms. The smallest absolute Gasteiger partial charge is 0.335 e. The quantitative estimate of drug-likeness (QED) is 0.261. The van der Waals surface area contributed by atoms with Crippen LogP contribution in [0, 0.1) is 11.3 Å². The second kappa shape index (κ2) is 11.9. The number of halogens is 2. The number of carbonyl (C=O) groups excluding carboxylic acids is 1. The van der Waals surface area contributed by atoms with Gasteiger partial charge in [-0.15, -0.1) is 0 Å². The summed E-state index contributed by atoms with van der Waals surface area (Å²) in [4.78, 5) is 23.5. The molecule has 0 aliphatic heterocycles. The summed E-state index contributed by atoms with van der Waals surface area (Å²) in [6, 6.07) is 17.8. The lowest BCUT2D eigenvalue weighted by Gasteiger charge is -2.13. The van der Waals surface area contributed by atoms with E-state index in [1.54, 1.807) is 36.4 Å². The first-order valence-electron chi connectivity index (χ1n) is 10.4. The lowest BCUT2D eigenvalue weighted by molar-refractivity contribution is -0.112. The van der Waals surface area contributed by atoms with Crippen LogP contribution in [0.4, 0.5) is 5.69 Å². The molecule has 9 heteroatoms. The molecule has 0 bridgehead atoms. The second-order valence-corrected chi connectivity index (χ2v) is 8.00. The van der Waals surface area contributed by atoms with E-state index < -0.39 is 11.9 Å². The Morgan fingerprint density at radius 1 is 1.00 bits per heavy atom. The largest absolute Gasteiger partial charge is 0.490 e. The number of ether oxygens (including phenoxy) is 2. The zero-order valence-electron chi connectivity index (χ0n) is 18.5. The molecule has 0 saturated carbocycles. The summed E-state index contributed by atoms with van der Waals surface area (Å²) in [7, 11) is 0. The molecule has 0 atom stereocenters. The number of nitriles is 1. The highest BCUT2D eigenvalue weighted by Crippen LogP contribution is 2.31. The van der Waals surface area contributed by atoms with E-state index in [0.717, 1.165) is 5.56 Å². The zero-order chi connectivity index (χ0) is 25.4. The van der Waals surface area contributed by atoms with Crippen LogP contribution in [0.15, 0.2) is 66.2 Å². The fourth-order valence-electron chi connectivity index (χ4n) is 3.00. The zero-order valence-corrected chi connectivity index (χ0v) is 20.1. The molecule has 3 aromatic rings. The standard InChI is InChI=1S/C26H20Cl2N2O5/c1-2-34-24-13-16(4-10-23(24)35-15-17-3-9-21(27)22(28)12-17)11-19(14-29)25(31)30-20-7-5-18(6-8-20)26(32)33/h3-13H,2,15H2,1H3,(H,30,31)(H,32,33)/b19-11+. The van der Waals surface area contributed by atoms with Gasteiger partial charge in [-0.05, 0) is 72.7 Å². The minimum Gasteiger partial charge on any atom is -0.490 e. The fraction of sp³-hybridized carbons (Fsp3) is 0.115. The lowest BCUT2D eigenvalue weighted by Crippen LogP contribution is -2.13. The number of hydrogen-bond donors (Lipinski definition) is 2. The maximum absolute atomic E-state index is 12.6. The summed E-state index contributed by atoms with van der Waals surface area (Å²) in [6.07, 6.45) is 1.42. The Bertz CT molecular complexity index is 1310. The third-order valence-corrected chi connectivity index (χ3v) is 5.45. The van der Waals surface area contributed by atoms with Crippen LogP contribution in [0.1, 0.15) is 28.4 Å². The van der Waals surface area contributed by atoms with E-state index in [2.05, 4.69) is 5.32 Å². The minimum atomic E-state index is -1.07. The van der Waals surface area contributed by atoms with Crippen molar-refractivity contribution in [2.24, 2.45) is 0 Å². The number of anilines is 1. The molecule has 3 aromatic carbocycles. The summed E-state index contributed by atoms with van der Waals surface area (Å²) < 4.78 is 11.6. The van der Waals surface area contributed by atoms with Crippen LogP contribution >= 0.6 is 23.2 Å². The summed E-state index contributed by atoms with van der Waals surface area (Å²) in [5, 5.41) is 21.9. The summed E-state index contributed by atoms with van der Waals surface area (Å²) >= 11 is 12.0. The third kappa shape index (κ3) is 7.00. The first kappa shape index (κ1) is 25.6. The van der Waals surface area contributed by atoms with Gasteiger partial charge in [0.2, 0.25) is 0 Å². The molecule has 0 unspecified atom stereocenters. The van der Waals surface area contributed by atoms with Crippen LogP contribution in [-0.4, -0.2) is 23.6 Å². The average Bonchev–Trinajstić information content (AvgIpc) is 2.84. The van der Waals surface area contributed by atoms with Crippen LogP contribution in [0.5, 0.6) is 11.5 Å². The molecule has 35 heavy (non-hydrogen) atoms. The van der Waals surface area contributed by atoms with Crippen molar-refractivity contribution in [2.45, 2.75) is 13.5 Å². The number of carboxylic acid groups (broad SMARTS) is 1. The van der Waals surface area contributed by atoms with Gasteiger partial charge in [-0.25, -0.2) is 4.79 Å². The molecule has 0 aliphatic rings. The van der Waals surface area contributed by atoms with Gasteiger partial charge in [0.15, 0.2) is 11.5 Å². The highest BCUT2D eigenvalue weighted by Gasteiger charge is 2.12. The van der Waals surface area contributed by atoms with Crippen molar-refractivity contribution in [2.75, 3.05) is 11.9 Å². The summed E-state index contributed by atoms with van der Waals surface area (Å²) in [5.74, 6) is -0.775. The molecule has 0 saturated heterocycles. The normalized spacial score (nSPS) is 10.9. The van der Waals surface area contributed by atoms with E-state index in [4.69, 9.17) is 37.8 Å². The predicted octanol–water partition coefficient (Wildman–Crippen LogP) is 6.21.